The molecule has 1 amide bonds. The summed E-state index contributed by atoms with van der Waals surface area (Å²) >= 11 is 0. The maximum absolute atomic E-state index is 11.2. The van der Waals surface area contributed by atoms with Crippen LogP contribution in [0.4, 0.5) is 0 Å². The largest absolute Gasteiger partial charge is 0.296 e. The van der Waals surface area contributed by atoms with Gasteiger partial charge in [-0.05, 0) is 36.8 Å². The van der Waals surface area contributed by atoms with Gasteiger partial charge in [0.05, 0.1) is 6.42 Å². The molecule has 1 fully saturated rings. The standard InChI is InChI=1S/C16H25N3O/c1-12-3-4-13(2)19(10-12)11-15-7-5-14(6-8-15)9-16(20)18-17/h5-8,12-13H,3-4,9-11,17H2,1-2H3,(H,18,20). The molecule has 0 spiro atoms. The number of rotatable bonds is 4. The van der Waals surface area contributed by atoms with E-state index in [0.29, 0.717) is 12.5 Å². The molecule has 1 aromatic carbocycles. The fraction of sp³-hybridized carbons (Fsp3) is 0.562. The van der Waals surface area contributed by atoms with Crippen LogP contribution in [0.5, 0.6) is 0 Å². The van der Waals surface area contributed by atoms with E-state index in [0.717, 1.165) is 18.0 Å². The third kappa shape index (κ3) is 4.05. The minimum Gasteiger partial charge on any atom is -0.296 e. The smallest absolute Gasteiger partial charge is 0.238 e. The highest BCUT2D eigenvalue weighted by Gasteiger charge is 2.22. The van der Waals surface area contributed by atoms with Crippen molar-refractivity contribution in [2.24, 2.45) is 11.8 Å². The second-order valence-corrected chi connectivity index (χ2v) is 6.02. The van der Waals surface area contributed by atoms with Gasteiger partial charge in [0.2, 0.25) is 5.91 Å². The highest BCUT2D eigenvalue weighted by molar-refractivity contribution is 5.77. The van der Waals surface area contributed by atoms with Gasteiger partial charge in [-0.25, -0.2) is 5.84 Å². The predicted octanol–water partition coefficient (Wildman–Crippen LogP) is 1.84. The van der Waals surface area contributed by atoms with Crippen molar-refractivity contribution in [3.8, 4) is 0 Å². The maximum Gasteiger partial charge on any atom is 0.238 e. The second kappa shape index (κ2) is 6.86. The lowest BCUT2D eigenvalue weighted by molar-refractivity contribution is -0.120. The van der Waals surface area contributed by atoms with Gasteiger partial charge in [-0.2, -0.15) is 0 Å². The van der Waals surface area contributed by atoms with Gasteiger partial charge in [0.25, 0.3) is 0 Å². The molecule has 4 heteroatoms. The first-order chi connectivity index (χ1) is 9.58. The quantitative estimate of drug-likeness (QED) is 0.501. The Morgan fingerprint density at radius 3 is 2.55 bits per heavy atom. The van der Waals surface area contributed by atoms with E-state index in [1.807, 2.05) is 12.1 Å². The Kier molecular flexibility index (Phi) is 5.15. The van der Waals surface area contributed by atoms with E-state index in [4.69, 9.17) is 5.84 Å². The number of amides is 1. The van der Waals surface area contributed by atoms with Crippen LogP contribution in [-0.2, 0) is 17.8 Å². The zero-order valence-electron chi connectivity index (χ0n) is 12.4. The summed E-state index contributed by atoms with van der Waals surface area (Å²) in [6.45, 7) is 6.81. The molecule has 110 valence electrons. The molecule has 1 aliphatic rings. The number of hydrazine groups is 1. The number of hydrogen-bond acceptors (Lipinski definition) is 3. The minimum absolute atomic E-state index is 0.156. The first-order valence-corrected chi connectivity index (χ1v) is 7.39. The van der Waals surface area contributed by atoms with Gasteiger partial charge < -0.3 is 0 Å². The summed E-state index contributed by atoms with van der Waals surface area (Å²) < 4.78 is 0. The van der Waals surface area contributed by atoms with Crippen molar-refractivity contribution in [1.29, 1.82) is 0 Å². The number of nitrogens with one attached hydrogen (secondary N) is 1. The van der Waals surface area contributed by atoms with Gasteiger partial charge >= 0.3 is 0 Å². The molecule has 1 aliphatic heterocycles. The summed E-state index contributed by atoms with van der Waals surface area (Å²) in [4.78, 5) is 13.8. The number of carbonyl (C=O) groups excluding carboxylic acids is 1. The van der Waals surface area contributed by atoms with Crippen molar-refractivity contribution in [3.05, 3.63) is 35.4 Å². The van der Waals surface area contributed by atoms with Crippen LogP contribution in [0.1, 0.15) is 37.8 Å². The van der Waals surface area contributed by atoms with E-state index in [1.54, 1.807) is 0 Å². The molecule has 1 saturated heterocycles. The van der Waals surface area contributed by atoms with Crippen LogP contribution in [0.2, 0.25) is 0 Å². The van der Waals surface area contributed by atoms with Gasteiger partial charge in [0.15, 0.2) is 0 Å². The summed E-state index contributed by atoms with van der Waals surface area (Å²) in [5, 5.41) is 0. The van der Waals surface area contributed by atoms with Crippen LogP contribution < -0.4 is 11.3 Å². The Morgan fingerprint density at radius 1 is 1.25 bits per heavy atom. The summed E-state index contributed by atoms with van der Waals surface area (Å²) in [6.07, 6.45) is 2.97. The normalized spacial score (nSPS) is 23.6. The SMILES string of the molecule is CC1CCC(C)N(Cc2ccc(CC(=O)NN)cc2)C1. The van der Waals surface area contributed by atoms with Crippen molar-refractivity contribution in [2.45, 2.75) is 45.7 Å². The van der Waals surface area contributed by atoms with Crippen LogP contribution in [0.25, 0.3) is 0 Å². The van der Waals surface area contributed by atoms with Crippen LogP contribution in [0.3, 0.4) is 0 Å². The Hall–Kier alpha value is -1.39. The number of hydrogen-bond donors (Lipinski definition) is 2. The molecule has 2 unspecified atom stereocenters. The average Bonchev–Trinajstić information content (AvgIpc) is 2.45. The molecule has 0 aliphatic carbocycles. The van der Waals surface area contributed by atoms with Gasteiger partial charge in [0.1, 0.15) is 0 Å². The molecule has 0 bridgehead atoms. The van der Waals surface area contributed by atoms with E-state index in [2.05, 4.69) is 36.3 Å². The molecule has 1 heterocycles. The fourth-order valence-electron chi connectivity index (χ4n) is 2.83. The van der Waals surface area contributed by atoms with Gasteiger partial charge in [-0.1, -0.05) is 31.2 Å². The molecule has 0 radical (unpaired) electrons. The molecule has 2 rings (SSSR count). The van der Waals surface area contributed by atoms with Crippen LogP contribution in [0, 0.1) is 5.92 Å². The maximum atomic E-state index is 11.2. The summed E-state index contributed by atoms with van der Waals surface area (Å²) in [5.41, 5.74) is 4.46. The van der Waals surface area contributed by atoms with E-state index in [-0.39, 0.29) is 5.91 Å². The van der Waals surface area contributed by atoms with Crippen molar-refractivity contribution in [1.82, 2.24) is 10.3 Å². The third-order valence-corrected chi connectivity index (χ3v) is 4.18. The molecule has 20 heavy (non-hydrogen) atoms. The zero-order valence-corrected chi connectivity index (χ0v) is 12.4. The summed E-state index contributed by atoms with van der Waals surface area (Å²) in [7, 11) is 0. The second-order valence-electron chi connectivity index (χ2n) is 6.02. The number of nitrogens with two attached hydrogens (primary N) is 1. The van der Waals surface area contributed by atoms with E-state index >= 15 is 0 Å². The molecule has 0 aromatic heterocycles. The molecule has 1 aromatic rings. The molecule has 3 N–H and O–H groups in total. The van der Waals surface area contributed by atoms with Gasteiger partial charge in [-0.3, -0.25) is 15.1 Å². The first-order valence-electron chi connectivity index (χ1n) is 7.39. The van der Waals surface area contributed by atoms with Crippen molar-refractivity contribution < 1.29 is 4.79 Å². The van der Waals surface area contributed by atoms with Crippen LogP contribution in [0.15, 0.2) is 24.3 Å². The summed E-state index contributed by atoms with van der Waals surface area (Å²) in [6, 6.07) is 8.93. The molecule has 4 nitrogen and oxygen atoms in total. The molecular weight excluding hydrogens is 250 g/mol. The first kappa shape index (κ1) is 15.0. The lowest BCUT2D eigenvalue weighted by Gasteiger charge is -2.36. The van der Waals surface area contributed by atoms with Gasteiger partial charge in [0, 0.05) is 19.1 Å². The van der Waals surface area contributed by atoms with E-state index < -0.39 is 0 Å². The van der Waals surface area contributed by atoms with Crippen molar-refractivity contribution in [2.75, 3.05) is 6.54 Å². The number of likely N-dealkylation sites (tertiary alicyclic amines) is 1. The molecule has 0 saturated carbocycles. The Balaban J connectivity index is 1.94. The highest BCUT2D eigenvalue weighted by atomic mass is 16.2. The molecule has 2 atom stereocenters. The predicted molar refractivity (Wildman–Crippen MR) is 80.7 cm³/mol. The fourth-order valence-corrected chi connectivity index (χ4v) is 2.83. The minimum atomic E-state index is -0.156. The number of carbonyl (C=O) groups is 1. The Morgan fingerprint density at radius 2 is 1.90 bits per heavy atom. The monoisotopic (exact) mass is 275 g/mol. The van der Waals surface area contributed by atoms with Crippen molar-refractivity contribution in [3.63, 3.8) is 0 Å². The van der Waals surface area contributed by atoms with Crippen LogP contribution >= 0.6 is 0 Å². The third-order valence-electron chi connectivity index (χ3n) is 4.18. The summed E-state index contributed by atoms with van der Waals surface area (Å²) in [5.74, 6) is 5.73. The lowest BCUT2D eigenvalue weighted by atomic mass is 9.94. The topological polar surface area (TPSA) is 58.4 Å². The number of benzene rings is 1. The molecular formula is C16H25N3O. The van der Waals surface area contributed by atoms with Crippen LogP contribution in [-0.4, -0.2) is 23.4 Å². The van der Waals surface area contributed by atoms with Crippen molar-refractivity contribution >= 4 is 5.91 Å². The Bertz CT molecular complexity index is 444. The number of piperidine rings is 1. The zero-order chi connectivity index (χ0) is 14.5. The lowest BCUT2D eigenvalue weighted by Crippen LogP contribution is -2.40. The van der Waals surface area contributed by atoms with E-state index in [9.17, 15) is 4.79 Å². The van der Waals surface area contributed by atoms with Gasteiger partial charge in [-0.15, -0.1) is 0 Å². The Labute approximate surface area is 121 Å². The number of nitrogens with zero attached hydrogens (tertiary/aromatic N) is 1. The van der Waals surface area contributed by atoms with E-state index in [1.165, 1.54) is 24.9 Å². The highest BCUT2D eigenvalue weighted by Crippen LogP contribution is 2.23. The average molecular weight is 275 g/mol.